The molecule has 0 saturated heterocycles. The van der Waals surface area contributed by atoms with E-state index in [2.05, 4.69) is 15.5 Å². The molecule has 0 aliphatic carbocycles. The molecule has 0 fully saturated rings. The average molecular weight is 405 g/mol. The minimum Gasteiger partial charge on any atom is -0.493 e. The van der Waals surface area contributed by atoms with E-state index in [1.807, 2.05) is 6.07 Å². The summed E-state index contributed by atoms with van der Waals surface area (Å²) in [6, 6.07) is 15.0. The van der Waals surface area contributed by atoms with E-state index in [-0.39, 0.29) is 11.5 Å². The first kappa shape index (κ1) is 20.5. The molecule has 1 aromatic heterocycles. The zero-order valence-corrected chi connectivity index (χ0v) is 16.3. The topological polar surface area (TPSA) is 110 Å². The number of aromatic amines is 1. The van der Waals surface area contributed by atoms with Crippen molar-refractivity contribution in [1.82, 2.24) is 10.2 Å². The van der Waals surface area contributed by atoms with Crippen molar-refractivity contribution < 1.29 is 19.1 Å². The first-order valence-corrected chi connectivity index (χ1v) is 8.96. The van der Waals surface area contributed by atoms with Gasteiger partial charge in [0.25, 0.3) is 5.56 Å². The number of rotatable bonds is 6. The van der Waals surface area contributed by atoms with Gasteiger partial charge in [0, 0.05) is 30.3 Å². The summed E-state index contributed by atoms with van der Waals surface area (Å²) in [4.78, 5) is 34.6. The predicted molar refractivity (Wildman–Crippen MR) is 112 cm³/mol. The molecule has 0 aliphatic rings. The molecule has 0 saturated carbocycles. The average Bonchev–Trinajstić information content (AvgIpc) is 2.73. The minimum atomic E-state index is -0.449. The van der Waals surface area contributed by atoms with Crippen molar-refractivity contribution in [3.8, 4) is 22.8 Å². The number of aromatic nitrogens is 2. The Labute approximate surface area is 172 Å². The second-order valence-corrected chi connectivity index (χ2v) is 6.21. The predicted octanol–water partition coefficient (Wildman–Crippen LogP) is 3.02. The Morgan fingerprint density at radius 2 is 1.90 bits per heavy atom. The minimum absolute atomic E-state index is 0.286. The highest BCUT2D eigenvalue weighted by atomic mass is 16.6. The first-order chi connectivity index (χ1) is 14.4. The number of anilines is 1. The fraction of sp³-hybridized carbons (Fsp3) is 0.0909. The molecule has 0 radical (unpaired) electrons. The first-order valence-electron chi connectivity index (χ1n) is 8.96. The lowest BCUT2D eigenvalue weighted by Crippen LogP contribution is -2.08. The molecule has 0 aliphatic heterocycles. The standard InChI is InChI=1S/C22H19N3O5/c1-14(26)30-19-9-6-15(12-20(19)29-2)7-10-21(27)23-17-5-3-4-16(13-17)18-8-11-22(28)25-24-18/h3-13H,1-2H3,(H,23,27)(H,25,28)/b10-7+. The van der Waals surface area contributed by atoms with E-state index >= 15 is 0 Å². The lowest BCUT2D eigenvalue weighted by molar-refractivity contribution is -0.132. The van der Waals surface area contributed by atoms with Gasteiger partial charge in [-0.3, -0.25) is 14.4 Å². The molecule has 2 aromatic carbocycles. The van der Waals surface area contributed by atoms with Crippen LogP contribution in [0, 0.1) is 0 Å². The summed E-state index contributed by atoms with van der Waals surface area (Å²) < 4.78 is 10.3. The number of nitrogens with one attached hydrogen (secondary N) is 2. The molecule has 0 spiro atoms. The van der Waals surface area contributed by atoms with Crippen LogP contribution in [-0.2, 0) is 9.59 Å². The SMILES string of the molecule is COc1cc(/C=C/C(=O)Nc2cccc(-c3ccc(=O)[nH]n3)c2)ccc1OC(C)=O. The maximum atomic E-state index is 12.3. The largest absolute Gasteiger partial charge is 0.493 e. The summed E-state index contributed by atoms with van der Waals surface area (Å²) >= 11 is 0. The molecular formula is C22H19N3O5. The Morgan fingerprint density at radius 1 is 1.07 bits per heavy atom. The van der Waals surface area contributed by atoms with Crippen molar-refractivity contribution in [1.29, 1.82) is 0 Å². The Bertz CT molecular complexity index is 1150. The molecule has 8 nitrogen and oxygen atoms in total. The third kappa shape index (κ3) is 5.41. The number of hydrogen-bond donors (Lipinski definition) is 2. The van der Waals surface area contributed by atoms with Gasteiger partial charge in [0.1, 0.15) is 0 Å². The maximum Gasteiger partial charge on any atom is 0.308 e. The van der Waals surface area contributed by atoms with Crippen LogP contribution in [0.15, 0.2) is 65.5 Å². The van der Waals surface area contributed by atoms with Crippen molar-refractivity contribution in [2.45, 2.75) is 6.92 Å². The molecule has 0 atom stereocenters. The van der Waals surface area contributed by atoms with Gasteiger partial charge in [-0.1, -0.05) is 18.2 Å². The summed E-state index contributed by atoms with van der Waals surface area (Å²) in [6.45, 7) is 1.31. The Balaban J connectivity index is 1.70. The number of carbonyl (C=O) groups excluding carboxylic acids is 2. The Kier molecular flexibility index (Phi) is 6.39. The lowest BCUT2D eigenvalue weighted by atomic mass is 10.1. The molecule has 1 heterocycles. The summed E-state index contributed by atoms with van der Waals surface area (Å²) in [6.07, 6.45) is 2.99. The smallest absolute Gasteiger partial charge is 0.308 e. The number of esters is 1. The van der Waals surface area contributed by atoms with Gasteiger partial charge < -0.3 is 14.8 Å². The maximum absolute atomic E-state index is 12.3. The number of amides is 1. The van der Waals surface area contributed by atoms with Crippen LogP contribution >= 0.6 is 0 Å². The highest BCUT2D eigenvalue weighted by Crippen LogP contribution is 2.28. The van der Waals surface area contributed by atoms with Crippen LogP contribution in [0.1, 0.15) is 12.5 Å². The van der Waals surface area contributed by atoms with Gasteiger partial charge in [-0.15, -0.1) is 0 Å². The fourth-order valence-electron chi connectivity index (χ4n) is 2.64. The van der Waals surface area contributed by atoms with E-state index in [1.165, 1.54) is 26.2 Å². The monoisotopic (exact) mass is 405 g/mol. The van der Waals surface area contributed by atoms with Crippen LogP contribution < -0.4 is 20.3 Å². The van der Waals surface area contributed by atoms with E-state index in [0.29, 0.717) is 28.4 Å². The van der Waals surface area contributed by atoms with Crippen molar-refractivity contribution >= 4 is 23.6 Å². The highest BCUT2D eigenvalue weighted by Gasteiger charge is 2.08. The van der Waals surface area contributed by atoms with Crippen molar-refractivity contribution in [2.75, 3.05) is 12.4 Å². The summed E-state index contributed by atoms with van der Waals surface area (Å²) in [5.41, 5.74) is 2.33. The third-order valence-electron chi connectivity index (χ3n) is 3.97. The van der Waals surface area contributed by atoms with Gasteiger partial charge in [0.15, 0.2) is 11.5 Å². The highest BCUT2D eigenvalue weighted by molar-refractivity contribution is 6.02. The van der Waals surface area contributed by atoms with Gasteiger partial charge in [0.05, 0.1) is 12.8 Å². The van der Waals surface area contributed by atoms with E-state index < -0.39 is 5.97 Å². The third-order valence-corrected chi connectivity index (χ3v) is 3.97. The van der Waals surface area contributed by atoms with Gasteiger partial charge in [-0.25, -0.2) is 5.10 Å². The van der Waals surface area contributed by atoms with Gasteiger partial charge in [0.2, 0.25) is 5.91 Å². The van der Waals surface area contributed by atoms with E-state index in [4.69, 9.17) is 9.47 Å². The van der Waals surface area contributed by atoms with Crippen LogP contribution in [0.2, 0.25) is 0 Å². The van der Waals surface area contributed by atoms with Gasteiger partial charge >= 0.3 is 5.97 Å². The normalized spacial score (nSPS) is 10.6. The molecule has 0 bridgehead atoms. The second-order valence-electron chi connectivity index (χ2n) is 6.21. The Hall–Kier alpha value is -4.20. The molecule has 8 heteroatoms. The number of benzene rings is 2. The van der Waals surface area contributed by atoms with E-state index in [1.54, 1.807) is 48.5 Å². The molecule has 30 heavy (non-hydrogen) atoms. The number of ether oxygens (including phenoxy) is 2. The number of carbonyl (C=O) groups is 2. The van der Waals surface area contributed by atoms with Gasteiger partial charge in [-0.2, -0.15) is 5.10 Å². The summed E-state index contributed by atoms with van der Waals surface area (Å²) in [7, 11) is 1.47. The molecule has 0 unspecified atom stereocenters. The van der Waals surface area contributed by atoms with E-state index in [0.717, 1.165) is 5.56 Å². The number of H-pyrrole nitrogens is 1. The van der Waals surface area contributed by atoms with Crippen LogP contribution in [0.4, 0.5) is 5.69 Å². The zero-order valence-electron chi connectivity index (χ0n) is 16.3. The molecule has 1 amide bonds. The lowest BCUT2D eigenvalue weighted by Gasteiger charge is -2.08. The fourth-order valence-corrected chi connectivity index (χ4v) is 2.64. The van der Waals surface area contributed by atoms with Crippen molar-refractivity contribution in [3.05, 3.63) is 76.6 Å². The quantitative estimate of drug-likeness (QED) is 0.371. The summed E-state index contributed by atoms with van der Waals surface area (Å²) in [5, 5.41) is 9.13. The second kappa shape index (κ2) is 9.33. The summed E-state index contributed by atoms with van der Waals surface area (Å²) in [5.74, 6) is -0.0898. The molecule has 2 N–H and O–H groups in total. The van der Waals surface area contributed by atoms with Gasteiger partial charge in [-0.05, 0) is 42.0 Å². The van der Waals surface area contributed by atoms with Crippen LogP contribution in [0.5, 0.6) is 11.5 Å². The zero-order chi connectivity index (χ0) is 21.5. The van der Waals surface area contributed by atoms with Crippen LogP contribution in [-0.4, -0.2) is 29.2 Å². The van der Waals surface area contributed by atoms with Crippen LogP contribution in [0.25, 0.3) is 17.3 Å². The van der Waals surface area contributed by atoms with Crippen molar-refractivity contribution in [3.63, 3.8) is 0 Å². The number of hydrogen-bond acceptors (Lipinski definition) is 6. The molecular weight excluding hydrogens is 386 g/mol. The molecule has 3 rings (SSSR count). The van der Waals surface area contributed by atoms with Crippen molar-refractivity contribution in [2.24, 2.45) is 0 Å². The number of methoxy groups -OCH3 is 1. The molecule has 3 aromatic rings. The number of nitrogens with zero attached hydrogens (tertiary/aromatic N) is 1. The van der Waals surface area contributed by atoms with E-state index in [9.17, 15) is 14.4 Å². The Morgan fingerprint density at radius 3 is 2.60 bits per heavy atom. The molecule has 152 valence electrons. The van der Waals surface area contributed by atoms with Crippen LogP contribution in [0.3, 0.4) is 0 Å².